The van der Waals surface area contributed by atoms with Crippen LogP contribution in [0.5, 0.6) is 0 Å². The van der Waals surface area contributed by atoms with E-state index in [4.69, 9.17) is 22.2 Å². The number of halogens is 1. The van der Waals surface area contributed by atoms with Crippen LogP contribution in [0.15, 0.2) is 12.1 Å². The smallest absolute Gasteiger partial charge is 0.295 e. The van der Waals surface area contributed by atoms with Crippen molar-refractivity contribution in [3.8, 4) is 0 Å². The molecular weight excluding hydrogens is 302 g/mol. The van der Waals surface area contributed by atoms with Gasteiger partial charge in [0, 0.05) is 24.7 Å². The van der Waals surface area contributed by atoms with Crippen LogP contribution in [0.4, 0.5) is 11.4 Å². The Labute approximate surface area is 125 Å². The molecule has 1 saturated heterocycles. The second-order valence-electron chi connectivity index (χ2n) is 4.29. The molecule has 1 aliphatic heterocycles. The van der Waals surface area contributed by atoms with Gasteiger partial charge in [0.05, 0.1) is 23.2 Å². The summed E-state index contributed by atoms with van der Waals surface area (Å²) >= 11 is 5.91. The Balaban J connectivity index is 2.22. The second kappa shape index (κ2) is 6.68. The summed E-state index contributed by atoms with van der Waals surface area (Å²) in [4.78, 5) is 22.4. The third kappa shape index (κ3) is 3.58. The van der Waals surface area contributed by atoms with E-state index in [-0.39, 0.29) is 22.0 Å². The Bertz CT molecular complexity index is 562. The van der Waals surface area contributed by atoms with Crippen LogP contribution in [0.25, 0.3) is 0 Å². The minimum absolute atomic E-state index is 0.00109. The molecule has 0 saturated carbocycles. The summed E-state index contributed by atoms with van der Waals surface area (Å²) in [6, 6.07) is 2.44. The van der Waals surface area contributed by atoms with Gasteiger partial charge in [0.25, 0.3) is 11.6 Å². The zero-order valence-electron chi connectivity index (χ0n) is 11.0. The molecule has 1 amide bonds. The van der Waals surface area contributed by atoms with Crippen molar-refractivity contribution in [2.75, 3.05) is 31.7 Å². The topological polar surface area (TPSA) is 123 Å². The van der Waals surface area contributed by atoms with Crippen molar-refractivity contribution in [2.45, 2.75) is 0 Å². The van der Waals surface area contributed by atoms with Crippen molar-refractivity contribution < 1.29 is 14.5 Å². The van der Waals surface area contributed by atoms with Crippen molar-refractivity contribution >= 4 is 28.9 Å². The van der Waals surface area contributed by atoms with Gasteiger partial charge in [0.2, 0.25) is 0 Å². The number of morpholine rings is 1. The average molecular weight is 316 g/mol. The van der Waals surface area contributed by atoms with Gasteiger partial charge in [-0.2, -0.15) is 0 Å². The van der Waals surface area contributed by atoms with Crippen LogP contribution in [-0.4, -0.2) is 42.1 Å². The number of benzene rings is 1. The summed E-state index contributed by atoms with van der Waals surface area (Å²) in [7, 11) is 0. The molecule has 0 aliphatic carbocycles. The number of ether oxygens (including phenoxy) is 1. The molecule has 1 aliphatic rings. The maximum Gasteiger partial charge on any atom is 0.295 e. The largest absolute Gasteiger partial charge is 0.379 e. The predicted octanol–water partition coefficient (Wildman–Crippen LogP) is 0.511. The second-order valence-corrected chi connectivity index (χ2v) is 4.70. The molecule has 0 radical (unpaired) electrons. The average Bonchev–Trinajstić information content (AvgIpc) is 2.47. The number of nitrogen functional groups attached to an aromatic ring is 1. The highest BCUT2D eigenvalue weighted by Crippen LogP contribution is 2.32. The third-order valence-electron chi connectivity index (χ3n) is 2.94. The number of nitrogens with zero attached hydrogens (tertiary/aromatic N) is 2. The minimum Gasteiger partial charge on any atom is -0.379 e. The van der Waals surface area contributed by atoms with Gasteiger partial charge in [-0.3, -0.25) is 26.2 Å². The number of nitrogens with two attached hydrogens (primary N) is 1. The Hall–Kier alpha value is -1.94. The van der Waals surface area contributed by atoms with Gasteiger partial charge in [0.1, 0.15) is 5.69 Å². The molecule has 1 aromatic carbocycles. The fourth-order valence-corrected chi connectivity index (χ4v) is 2.16. The monoisotopic (exact) mass is 315 g/mol. The van der Waals surface area contributed by atoms with Crippen molar-refractivity contribution in [3.05, 3.63) is 32.8 Å². The lowest BCUT2D eigenvalue weighted by Gasteiger charge is -2.26. The molecule has 114 valence electrons. The van der Waals surface area contributed by atoms with Crippen LogP contribution >= 0.6 is 11.6 Å². The SMILES string of the molecule is NNc1c(Cl)cc(C(=O)NN2CCOCC2)cc1[N+](=O)[O-]. The molecule has 21 heavy (non-hydrogen) atoms. The van der Waals surface area contributed by atoms with E-state index in [2.05, 4.69) is 10.9 Å². The summed E-state index contributed by atoms with van der Waals surface area (Å²) < 4.78 is 5.16. The highest BCUT2D eigenvalue weighted by molar-refractivity contribution is 6.34. The van der Waals surface area contributed by atoms with E-state index >= 15 is 0 Å². The van der Waals surface area contributed by atoms with Gasteiger partial charge in [-0.05, 0) is 6.07 Å². The number of nitro benzene ring substituents is 1. The van der Waals surface area contributed by atoms with Crippen LogP contribution in [0, 0.1) is 10.1 Å². The van der Waals surface area contributed by atoms with Gasteiger partial charge >= 0.3 is 0 Å². The molecule has 0 atom stereocenters. The highest BCUT2D eigenvalue weighted by atomic mass is 35.5. The zero-order chi connectivity index (χ0) is 15.4. The lowest BCUT2D eigenvalue weighted by molar-refractivity contribution is -0.384. The van der Waals surface area contributed by atoms with E-state index in [0.717, 1.165) is 6.07 Å². The first-order valence-corrected chi connectivity index (χ1v) is 6.49. The molecule has 0 unspecified atom stereocenters. The maximum absolute atomic E-state index is 12.1. The molecule has 1 fully saturated rings. The normalized spacial score (nSPS) is 15.5. The van der Waals surface area contributed by atoms with Crippen molar-refractivity contribution in [3.63, 3.8) is 0 Å². The predicted molar refractivity (Wildman–Crippen MR) is 75.8 cm³/mol. The fourth-order valence-electron chi connectivity index (χ4n) is 1.89. The van der Waals surface area contributed by atoms with E-state index in [1.807, 2.05) is 0 Å². The Kier molecular flexibility index (Phi) is 4.91. The van der Waals surface area contributed by atoms with Crippen LogP contribution in [0.3, 0.4) is 0 Å². The van der Waals surface area contributed by atoms with Crippen LogP contribution in [-0.2, 0) is 4.74 Å². The van der Waals surface area contributed by atoms with Gasteiger partial charge in [0.15, 0.2) is 0 Å². The van der Waals surface area contributed by atoms with Crippen molar-refractivity contribution in [1.82, 2.24) is 10.4 Å². The van der Waals surface area contributed by atoms with Crippen LogP contribution in [0.1, 0.15) is 10.4 Å². The summed E-state index contributed by atoms with van der Waals surface area (Å²) in [5, 5.41) is 12.7. The number of nitro groups is 1. The van der Waals surface area contributed by atoms with Crippen LogP contribution in [0.2, 0.25) is 5.02 Å². The summed E-state index contributed by atoms with van der Waals surface area (Å²) in [6.45, 7) is 2.11. The fraction of sp³-hybridized carbons (Fsp3) is 0.364. The number of carbonyl (C=O) groups is 1. The molecule has 2 rings (SSSR count). The Morgan fingerprint density at radius 2 is 2.10 bits per heavy atom. The molecule has 10 heteroatoms. The minimum atomic E-state index is -0.660. The number of hydrazine groups is 2. The number of anilines is 1. The Morgan fingerprint density at radius 3 is 2.67 bits per heavy atom. The van der Waals surface area contributed by atoms with E-state index in [1.165, 1.54) is 6.07 Å². The molecule has 0 aromatic heterocycles. The van der Waals surface area contributed by atoms with Gasteiger partial charge in [-0.25, -0.2) is 5.01 Å². The number of carbonyl (C=O) groups excluding carboxylic acids is 1. The van der Waals surface area contributed by atoms with E-state index in [0.29, 0.717) is 26.3 Å². The molecule has 0 spiro atoms. The number of nitrogens with one attached hydrogen (secondary N) is 2. The highest BCUT2D eigenvalue weighted by Gasteiger charge is 2.22. The quantitative estimate of drug-likeness (QED) is 0.420. The van der Waals surface area contributed by atoms with Crippen LogP contribution < -0.4 is 16.7 Å². The maximum atomic E-state index is 12.1. The summed E-state index contributed by atoms with van der Waals surface area (Å²) in [5.74, 6) is 4.72. The molecule has 1 aromatic rings. The molecule has 0 bridgehead atoms. The third-order valence-corrected chi connectivity index (χ3v) is 3.24. The lowest BCUT2D eigenvalue weighted by Crippen LogP contribution is -2.48. The standard InChI is InChI=1S/C11H14ClN5O4/c12-8-5-7(6-9(17(19)20)10(8)14-13)11(18)15-16-1-3-21-4-2-16/h5-6,14H,1-4,13H2,(H,15,18). The summed E-state index contributed by atoms with van der Waals surface area (Å²) in [5.41, 5.74) is 4.49. The molecule has 9 nitrogen and oxygen atoms in total. The molecular formula is C11H14ClN5O4. The number of amides is 1. The van der Waals surface area contributed by atoms with E-state index in [9.17, 15) is 14.9 Å². The van der Waals surface area contributed by atoms with Gasteiger partial charge in [-0.1, -0.05) is 11.6 Å². The number of hydrogen-bond donors (Lipinski definition) is 3. The molecule has 4 N–H and O–H groups in total. The lowest BCUT2D eigenvalue weighted by atomic mass is 10.1. The summed E-state index contributed by atoms with van der Waals surface area (Å²) in [6.07, 6.45) is 0. The van der Waals surface area contributed by atoms with Gasteiger partial charge in [-0.15, -0.1) is 0 Å². The molecule has 1 heterocycles. The van der Waals surface area contributed by atoms with Crippen molar-refractivity contribution in [2.24, 2.45) is 5.84 Å². The number of rotatable bonds is 4. The Morgan fingerprint density at radius 1 is 1.43 bits per heavy atom. The van der Waals surface area contributed by atoms with E-state index < -0.39 is 10.8 Å². The number of hydrogen-bond acceptors (Lipinski definition) is 7. The first-order chi connectivity index (χ1) is 10.0. The van der Waals surface area contributed by atoms with Crippen molar-refractivity contribution in [1.29, 1.82) is 0 Å². The first kappa shape index (κ1) is 15.4. The van der Waals surface area contributed by atoms with E-state index in [1.54, 1.807) is 5.01 Å². The first-order valence-electron chi connectivity index (χ1n) is 6.11. The zero-order valence-corrected chi connectivity index (χ0v) is 11.7. The van der Waals surface area contributed by atoms with Gasteiger partial charge < -0.3 is 10.2 Å².